The Hall–Kier alpha value is -0.130. The zero-order chi connectivity index (χ0) is 9.90. The normalized spacial score (nSPS) is 20.8. The predicted molar refractivity (Wildman–Crippen MR) is 51.1 cm³/mol. The molecule has 0 saturated heterocycles. The van der Waals surface area contributed by atoms with Gasteiger partial charge < -0.3 is 0 Å². The molecule has 0 aromatic rings. The van der Waals surface area contributed by atoms with Gasteiger partial charge >= 0.3 is 0 Å². The fraction of sp³-hybridized carbons (Fsp3) is 1.00. The number of nitrogens with zero attached hydrogens (tertiary/aromatic N) is 1. The third-order valence-corrected chi connectivity index (χ3v) is 3.30. The number of hydrogen-bond donors (Lipinski definition) is 1. The van der Waals surface area contributed by atoms with Gasteiger partial charge in [0.1, 0.15) is 5.88 Å². The van der Waals surface area contributed by atoms with Crippen molar-refractivity contribution in [3.63, 3.8) is 0 Å². The van der Waals surface area contributed by atoms with E-state index < -0.39 is 10.1 Å². The summed E-state index contributed by atoms with van der Waals surface area (Å²) in [6.45, 7) is 0. The average molecular weight is 207 g/mol. The average Bonchev–Trinajstić information content (AvgIpc) is 2.03. The summed E-state index contributed by atoms with van der Waals surface area (Å²) in [7, 11) is -2.09. The van der Waals surface area contributed by atoms with E-state index in [-0.39, 0.29) is 5.88 Å². The molecular weight excluding hydrogens is 190 g/mol. The molecule has 1 N–H and O–H groups in total. The topological polar surface area (TPSA) is 57.6 Å². The molecule has 0 aliphatic heterocycles. The summed E-state index contributed by atoms with van der Waals surface area (Å²) in [6.07, 6.45) is 5.68. The van der Waals surface area contributed by atoms with Gasteiger partial charge in [-0.15, -0.1) is 0 Å². The lowest BCUT2D eigenvalue weighted by atomic mass is 9.95. The zero-order valence-electron chi connectivity index (χ0n) is 7.94. The van der Waals surface area contributed by atoms with Crippen LogP contribution in [0.25, 0.3) is 0 Å². The largest absolute Gasteiger partial charge is 0.288 e. The molecule has 1 saturated carbocycles. The second-order valence-corrected chi connectivity index (χ2v) is 5.18. The molecular formula is C8H17NO3S. The molecule has 0 aromatic heterocycles. The van der Waals surface area contributed by atoms with Gasteiger partial charge in [-0.05, 0) is 19.9 Å². The van der Waals surface area contributed by atoms with Crippen LogP contribution in [0.1, 0.15) is 32.1 Å². The third kappa shape index (κ3) is 4.06. The van der Waals surface area contributed by atoms with Crippen molar-refractivity contribution in [1.82, 2.24) is 4.90 Å². The van der Waals surface area contributed by atoms with E-state index in [1.54, 1.807) is 11.9 Å². The van der Waals surface area contributed by atoms with Gasteiger partial charge in [0.05, 0.1) is 0 Å². The fourth-order valence-electron chi connectivity index (χ4n) is 1.88. The molecule has 78 valence electrons. The van der Waals surface area contributed by atoms with E-state index in [1.807, 2.05) is 0 Å². The van der Waals surface area contributed by atoms with Crippen molar-refractivity contribution < 1.29 is 13.0 Å². The van der Waals surface area contributed by atoms with Crippen molar-refractivity contribution in [2.24, 2.45) is 0 Å². The molecule has 5 heteroatoms. The van der Waals surface area contributed by atoms with Crippen molar-refractivity contribution in [2.75, 3.05) is 12.9 Å². The van der Waals surface area contributed by atoms with Crippen molar-refractivity contribution in [2.45, 2.75) is 38.1 Å². The lowest BCUT2D eigenvalue weighted by Crippen LogP contribution is -2.36. The standard InChI is InChI=1S/C8H17NO3S/c1-9(7-13(10,11)12)8-5-3-2-4-6-8/h8H,2-7H2,1H3,(H,10,11,12). The molecule has 4 nitrogen and oxygen atoms in total. The third-order valence-electron chi connectivity index (χ3n) is 2.56. The maximum absolute atomic E-state index is 10.6. The van der Waals surface area contributed by atoms with E-state index in [2.05, 4.69) is 0 Å². The van der Waals surface area contributed by atoms with E-state index >= 15 is 0 Å². The van der Waals surface area contributed by atoms with Crippen LogP contribution in [0.2, 0.25) is 0 Å². The molecule has 0 bridgehead atoms. The SMILES string of the molecule is CN(CS(=O)(=O)O)C1CCCCC1. The molecule has 0 spiro atoms. The van der Waals surface area contributed by atoms with E-state index in [4.69, 9.17) is 4.55 Å². The van der Waals surface area contributed by atoms with Crippen molar-refractivity contribution in [1.29, 1.82) is 0 Å². The maximum Gasteiger partial charge on any atom is 0.278 e. The van der Waals surface area contributed by atoms with Crippen LogP contribution in [0.5, 0.6) is 0 Å². The molecule has 1 rings (SSSR count). The van der Waals surface area contributed by atoms with Crippen molar-refractivity contribution in [3.8, 4) is 0 Å². The summed E-state index contributed by atoms with van der Waals surface area (Å²) in [5.74, 6) is -0.238. The Morgan fingerprint density at radius 3 is 2.31 bits per heavy atom. The van der Waals surface area contributed by atoms with Crippen LogP contribution in [0.15, 0.2) is 0 Å². The van der Waals surface area contributed by atoms with Gasteiger partial charge in [0.15, 0.2) is 0 Å². The Labute approximate surface area is 79.7 Å². The molecule has 1 aliphatic carbocycles. The molecule has 13 heavy (non-hydrogen) atoms. The van der Waals surface area contributed by atoms with Crippen LogP contribution in [-0.4, -0.2) is 36.8 Å². The number of rotatable bonds is 3. The molecule has 0 unspecified atom stereocenters. The predicted octanol–water partition coefficient (Wildman–Crippen LogP) is 1.10. The Kier molecular flexibility index (Phi) is 3.70. The molecule has 0 radical (unpaired) electrons. The summed E-state index contributed by atoms with van der Waals surface area (Å²) in [4.78, 5) is 1.73. The monoisotopic (exact) mass is 207 g/mol. The first-order valence-corrected chi connectivity index (χ1v) is 6.25. The highest BCUT2D eigenvalue weighted by atomic mass is 32.2. The van der Waals surface area contributed by atoms with E-state index in [1.165, 1.54) is 19.3 Å². The van der Waals surface area contributed by atoms with Gasteiger partial charge in [-0.25, -0.2) is 0 Å². The summed E-state index contributed by atoms with van der Waals surface area (Å²) in [5.41, 5.74) is 0. The Balaban J connectivity index is 2.42. The van der Waals surface area contributed by atoms with E-state index in [0.29, 0.717) is 6.04 Å². The molecule has 1 fully saturated rings. The lowest BCUT2D eigenvalue weighted by Gasteiger charge is -2.29. The molecule has 1 aliphatic rings. The second kappa shape index (κ2) is 4.39. The van der Waals surface area contributed by atoms with Gasteiger partial charge in [-0.2, -0.15) is 8.42 Å². The lowest BCUT2D eigenvalue weighted by molar-refractivity contribution is 0.213. The summed E-state index contributed by atoms with van der Waals surface area (Å²) in [6, 6.07) is 0.329. The van der Waals surface area contributed by atoms with Crippen LogP contribution in [0.4, 0.5) is 0 Å². The highest BCUT2D eigenvalue weighted by Crippen LogP contribution is 2.21. The smallest absolute Gasteiger partial charge is 0.278 e. The van der Waals surface area contributed by atoms with Gasteiger partial charge in [0.25, 0.3) is 10.1 Å². The van der Waals surface area contributed by atoms with Gasteiger partial charge in [0, 0.05) is 6.04 Å². The first-order chi connectivity index (χ1) is 5.99. The van der Waals surface area contributed by atoms with Crippen LogP contribution < -0.4 is 0 Å². The molecule has 0 heterocycles. The summed E-state index contributed by atoms with van der Waals surface area (Å²) in [5, 5.41) is 0. The van der Waals surface area contributed by atoms with Crippen LogP contribution in [0, 0.1) is 0 Å². The van der Waals surface area contributed by atoms with E-state index in [9.17, 15) is 8.42 Å². The van der Waals surface area contributed by atoms with Gasteiger partial charge in [-0.1, -0.05) is 19.3 Å². The minimum Gasteiger partial charge on any atom is -0.288 e. The second-order valence-electron chi connectivity index (χ2n) is 3.76. The number of hydrogen-bond acceptors (Lipinski definition) is 3. The summed E-state index contributed by atoms with van der Waals surface area (Å²) < 4.78 is 29.8. The zero-order valence-corrected chi connectivity index (χ0v) is 8.76. The van der Waals surface area contributed by atoms with Crippen LogP contribution in [-0.2, 0) is 10.1 Å². The highest BCUT2D eigenvalue weighted by molar-refractivity contribution is 7.85. The molecule has 0 atom stereocenters. The van der Waals surface area contributed by atoms with Crippen LogP contribution >= 0.6 is 0 Å². The fourth-order valence-corrected chi connectivity index (χ4v) is 2.61. The highest BCUT2D eigenvalue weighted by Gasteiger charge is 2.21. The van der Waals surface area contributed by atoms with Crippen molar-refractivity contribution >= 4 is 10.1 Å². The first-order valence-electron chi connectivity index (χ1n) is 4.64. The minimum atomic E-state index is -3.85. The Bertz CT molecular complexity index is 244. The first kappa shape index (κ1) is 10.9. The van der Waals surface area contributed by atoms with Gasteiger partial charge in [-0.3, -0.25) is 9.45 Å². The Morgan fingerprint density at radius 2 is 1.85 bits per heavy atom. The van der Waals surface area contributed by atoms with Gasteiger partial charge in [0.2, 0.25) is 0 Å². The van der Waals surface area contributed by atoms with Crippen LogP contribution in [0.3, 0.4) is 0 Å². The molecule has 0 amide bonds. The van der Waals surface area contributed by atoms with Crippen molar-refractivity contribution in [3.05, 3.63) is 0 Å². The Morgan fingerprint density at radius 1 is 1.31 bits per heavy atom. The quantitative estimate of drug-likeness (QED) is 0.704. The molecule has 0 aromatic carbocycles. The van der Waals surface area contributed by atoms with E-state index in [0.717, 1.165) is 12.8 Å². The maximum atomic E-state index is 10.6. The minimum absolute atomic E-state index is 0.238. The summed E-state index contributed by atoms with van der Waals surface area (Å²) >= 11 is 0.